The van der Waals surface area contributed by atoms with E-state index < -0.39 is 0 Å². The molecule has 0 radical (unpaired) electrons. The second-order valence-electron chi connectivity index (χ2n) is 4.61. The van der Waals surface area contributed by atoms with Crippen molar-refractivity contribution < 1.29 is 9.90 Å². The number of nitrogens with one attached hydrogen (secondary N) is 1. The summed E-state index contributed by atoms with van der Waals surface area (Å²) in [5, 5.41) is 14.3. The van der Waals surface area contributed by atoms with Crippen molar-refractivity contribution in [2.24, 2.45) is 5.10 Å². The molecule has 108 valence electrons. The van der Waals surface area contributed by atoms with Crippen LogP contribution in [-0.4, -0.2) is 16.7 Å². The number of hydrogen-bond acceptors (Lipinski definition) is 3. The van der Waals surface area contributed by atoms with Gasteiger partial charge in [-0.2, -0.15) is 5.10 Å². The van der Waals surface area contributed by atoms with Gasteiger partial charge in [0.2, 0.25) is 0 Å². The summed E-state index contributed by atoms with van der Waals surface area (Å²) >= 11 is 5.78. The monoisotopic (exact) mass is 302 g/mol. The Bertz CT molecular complexity index is 711. The Hall–Kier alpha value is -2.33. The molecule has 2 rings (SSSR count). The highest BCUT2D eigenvalue weighted by Gasteiger charge is 2.09. The molecule has 2 N–H and O–H groups in total. The van der Waals surface area contributed by atoms with Crippen LogP contribution in [0, 0.1) is 6.92 Å². The van der Waals surface area contributed by atoms with Crippen molar-refractivity contribution in [2.45, 2.75) is 13.8 Å². The fraction of sp³-hybridized carbons (Fsp3) is 0.125. The predicted octanol–water partition coefficient (Wildman–Crippen LogP) is 3.51. The predicted molar refractivity (Wildman–Crippen MR) is 84.0 cm³/mol. The number of phenols is 1. The number of rotatable bonds is 3. The summed E-state index contributed by atoms with van der Waals surface area (Å²) in [6.45, 7) is 3.55. The smallest absolute Gasteiger partial charge is 0.271 e. The molecule has 1 amide bonds. The van der Waals surface area contributed by atoms with E-state index in [1.165, 1.54) is 6.07 Å². The van der Waals surface area contributed by atoms with E-state index in [1.807, 2.05) is 19.1 Å². The Morgan fingerprint density at radius 2 is 1.90 bits per heavy atom. The van der Waals surface area contributed by atoms with Crippen LogP contribution >= 0.6 is 11.6 Å². The van der Waals surface area contributed by atoms with Gasteiger partial charge in [0, 0.05) is 16.1 Å². The van der Waals surface area contributed by atoms with Gasteiger partial charge in [0.15, 0.2) is 0 Å². The van der Waals surface area contributed by atoms with Crippen molar-refractivity contribution >= 4 is 23.2 Å². The van der Waals surface area contributed by atoms with E-state index >= 15 is 0 Å². The molecule has 21 heavy (non-hydrogen) atoms. The third-order valence-electron chi connectivity index (χ3n) is 3.06. The van der Waals surface area contributed by atoms with Crippen molar-refractivity contribution in [1.29, 1.82) is 0 Å². The maximum atomic E-state index is 12.0. The lowest BCUT2D eigenvalue weighted by Crippen LogP contribution is -2.20. The minimum absolute atomic E-state index is 0.0221. The number of aryl methyl sites for hydroxylation is 1. The van der Waals surface area contributed by atoms with E-state index in [4.69, 9.17) is 11.6 Å². The van der Waals surface area contributed by atoms with Crippen LogP contribution in [0.25, 0.3) is 0 Å². The first-order valence-corrected chi connectivity index (χ1v) is 6.76. The zero-order chi connectivity index (χ0) is 15.4. The average Bonchev–Trinajstić information content (AvgIpc) is 2.45. The second-order valence-corrected chi connectivity index (χ2v) is 5.05. The van der Waals surface area contributed by atoms with Crippen LogP contribution in [0.4, 0.5) is 0 Å². The van der Waals surface area contributed by atoms with Gasteiger partial charge in [-0.05, 0) is 43.7 Å². The van der Waals surface area contributed by atoms with Crippen molar-refractivity contribution in [3.05, 3.63) is 64.2 Å². The maximum Gasteiger partial charge on any atom is 0.271 e. The minimum atomic E-state index is -0.291. The molecule has 4 nitrogen and oxygen atoms in total. The summed E-state index contributed by atoms with van der Waals surface area (Å²) in [7, 11) is 0. The Morgan fingerprint density at radius 3 is 2.57 bits per heavy atom. The van der Waals surface area contributed by atoms with Crippen molar-refractivity contribution in [3.63, 3.8) is 0 Å². The summed E-state index contributed by atoms with van der Waals surface area (Å²) in [4.78, 5) is 12.0. The first kappa shape index (κ1) is 15.1. The fourth-order valence-corrected chi connectivity index (χ4v) is 2.06. The van der Waals surface area contributed by atoms with Crippen LogP contribution in [0.15, 0.2) is 47.6 Å². The van der Waals surface area contributed by atoms with Gasteiger partial charge in [-0.25, -0.2) is 5.43 Å². The van der Waals surface area contributed by atoms with Crippen LogP contribution in [0.3, 0.4) is 0 Å². The van der Waals surface area contributed by atoms with E-state index in [2.05, 4.69) is 10.5 Å². The number of carbonyl (C=O) groups excluding carboxylic acids is 1. The Balaban J connectivity index is 2.17. The molecule has 0 aliphatic rings. The molecule has 0 aliphatic heterocycles. The lowest BCUT2D eigenvalue weighted by atomic mass is 10.1. The van der Waals surface area contributed by atoms with Crippen LogP contribution in [-0.2, 0) is 0 Å². The SMILES string of the molecule is CC(=NNC(=O)c1ccccc1C)c1ccc(Cl)cc1O. The van der Waals surface area contributed by atoms with Crippen LogP contribution in [0.5, 0.6) is 5.75 Å². The lowest BCUT2D eigenvalue weighted by Gasteiger charge is -2.06. The normalized spacial score (nSPS) is 11.3. The lowest BCUT2D eigenvalue weighted by molar-refractivity contribution is 0.0954. The van der Waals surface area contributed by atoms with E-state index in [0.29, 0.717) is 21.9 Å². The molecule has 0 fully saturated rings. The van der Waals surface area contributed by atoms with Crippen LogP contribution < -0.4 is 5.43 Å². The number of hydrazone groups is 1. The standard InChI is InChI=1S/C16H15ClN2O2/c1-10-5-3-4-6-13(10)16(21)19-18-11(2)14-8-7-12(17)9-15(14)20/h3-9,20H,1-2H3,(H,19,21). The number of halogens is 1. The first-order chi connectivity index (χ1) is 9.99. The van der Waals surface area contributed by atoms with Crippen molar-refractivity contribution in [2.75, 3.05) is 0 Å². The molecule has 2 aromatic carbocycles. The zero-order valence-electron chi connectivity index (χ0n) is 11.7. The van der Waals surface area contributed by atoms with Crippen molar-refractivity contribution in [3.8, 4) is 5.75 Å². The van der Waals surface area contributed by atoms with Gasteiger partial charge in [-0.1, -0.05) is 29.8 Å². The number of phenolic OH excluding ortho intramolecular Hbond substituents is 1. The van der Waals surface area contributed by atoms with Gasteiger partial charge in [-0.15, -0.1) is 0 Å². The molecule has 0 spiro atoms. The van der Waals surface area contributed by atoms with Gasteiger partial charge >= 0.3 is 0 Å². The highest BCUT2D eigenvalue weighted by atomic mass is 35.5. The number of nitrogens with zero attached hydrogens (tertiary/aromatic N) is 1. The zero-order valence-corrected chi connectivity index (χ0v) is 12.5. The molecule has 0 aromatic heterocycles. The number of amides is 1. The highest BCUT2D eigenvalue weighted by Crippen LogP contribution is 2.22. The number of hydrogen-bond donors (Lipinski definition) is 2. The summed E-state index contributed by atoms with van der Waals surface area (Å²) in [5.41, 5.74) is 4.93. The molecule has 0 aliphatic carbocycles. The van der Waals surface area contributed by atoms with Crippen molar-refractivity contribution in [1.82, 2.24) is 5.43 Å². The maximum absolute atomic E-state index is 12.0. The number of benzene rings is 2. The molecular weight excluding hydrogens is 288 g/mol. The number of carbonyl (C=O) groups is 1. The fourth-order valence-electron chi connectivity index (χ4n) is 1.89. The molecule has 0 saturated carbocycles. The van der Waals surface area contributed by atoms with Gasteiger partial charge in [0.25, 0.3) is 5.91 Å². The third-order valence-corrected chi connectivity index (χ3v) is 3.30. The van der Waals surface area contributed by atoms with E-state index in [-0.39, 0.29) is 11.7 Å². The molecule has 5 heteroatoms. The Labute approximate surface area is 128 Å². The topological polar surface area (TPSA) is 61.7 Å². The van der Waals surface area contributed by atoms with E-state index in [0.717, 1.165) is 5.56 Å². The largest absolute Gasteiger partial charge is 0.507 e. The van der Waals surface area contributed by atoms with Gasteiger partial charge < -0.3 is 5.11 Å². The summed E-state index contributed by atoms with van der Waals surface area (Å²) in [5.74, 6) is -0.269. The molecule has 0 heterocycles. The average molecular weight is 303 g/mol. The minimum Gasteiger partial charge on any atom is -0.507 e. The Morgan fingerprint density at radius 1 is 1.19 bits per heavy atom. The first-order valence-electron chi connectivity index (χ1n) is 6.38. The summed E-state index contributed by atoms with van der Waals surface area (Å²) in [6, 6.07) is 12.0. The summed E-state index contributed by atoms with van der Waals surface area (Å²) in [6.07, 6.45) is 0. The molecule has 0 atom stereocenters. The molecular formula is C16H15ClN2O2. The molecule has 2 aromatic rings. The van der Waals surface area contributed by atoms with Crippen LogP contribution in [0.2, 0.25) is 5.02 Å². The van der Waals surface area contributed by atoms with Crippen LogP contribution in [0.1, 0.15) is 28.4 Å². The second kappa shape index (κ2) is 6.41. The quantitative estimate of drug-likeness (QED) is 0.673. The van der Waals surface area contributed by atoms with Gasteiger partial charge in [0.1, 0.15) is 5.75 Å². The molecule has 0 saturated heterocycles. The Kier molecular flexibility index (Phi) is 4.60. The van der Waals surface area contributed by atoms with E-state index in [9.17, 15) is 9.90 Å². The molecule has 0 unspecified atom stereocenters. The third kappa shape index (κ3) is 3.61. The molecule has 0 bridgehead atoms. The van der Waals surface area contributed by atoms with Gasteiger partial charge in [0.05, 0.1) is 5.71 Å². The van der Waals surface area contributed by atoms with Gasteiger partial charge in [-0.3, -0.25) is 4.79 Å². The number of aromatic hydroxyl groups is 1. The van der Waals surface area contributed by atoms with E-state index in [1.54, 1.807) is 31.2 Å². The summed E-state index contributed by atoms with van der Waals surface area (Å²) < 4.78 is 0. The highest BCUT2D eigenvalue weighted by molar-refractivity contribution is 6.30.